The molecule has 1 aromatic heterocycles. The minimum absolute atomic E-state index is 0.445. The first kappa shape index (κ1) is 14.5. The van der Waals surface area contributed by atoms with E-state index < -0.39 is 5.97 Å². The van der Waals surface area contributed by atoms with Crippen molar-refractivity contribution in [3.8, 4) is 0 Å². The second kappa shape index (κ2) is 6.03. The highest BCUT2D eigenvalue weighted by molar-refractivity contribution is 5.85. The number of aromatic nitrogens is 2. The Bertz CT molecular complexity index is 488. The van der Waals surface area contributed by atoms with Crippen LogP contribution in [-0.2, 0) is 4.79 Å². The van der Waals surface area contributed by atoms with E-state index in [-0.39, 0.29) is 0 Å². The summed E-state index contributed by atoms with van der Waals surface area (Å²) in [6, 6.07) is 0. The molecule has 108 valence electrons. The van der Waals surface area contributed by atoms with Crippen molar-refractivity contribution >= 4 is 18.0 Å². The number of piperidine rings is 1. The number of rotatable bonds is 4. The predicted molar refractivity (Wildman–Crippen MR) is 78.5 cm³/mol. The Morgan fingerprint density at radius 2 is 2.00 bits per heavy atom. The molecular weight excluding hydrogens is 254 g/mol. The smallest absolute Gasteiger partial charge is 0.328 e. The highest BCUT2D eigenvalue weighted by Crippen LogP contribution is 2.34. The van der Waals surface area contributed by atoms with E-state index in [9.17, 15) is 4.79 Å². The van der Waals surface area contributed by atoms with Crippen LogP contribution in [0, 0.1) is 5.41 Å². The Morgan fingerprint density at radius 3 is 2.50 bits per heavy atom. The Labute approximate surface area is 119 Å². The summed E-state index contributed by atoms with van der Waals surface area (Å²) in [5, 5.41) is 8.57. The molecule has 1 fully saturated rings. The predicted octanol–water partition coefficient (Wildman–Crippen LogP) is 2.59. The standard InChI is InChI=1S/C15H21N3O2/c1-3-15(2)6-8-18(9-7-15)14-16-10-12(11-17-14)4-5-13(19)20/h4-5,10-11H,3,6-9H2,1-2H3,(H,19,20)/b5-4+. The van der Waals surface area contributed by atoms with Crippen molar-refractivity contribution in [2.75, 3.05) is 18.0 Å². The molecule has 0 radical (unpaired) electrons. The van der Waals surface area contributed by atoms with Crippen molar-refractivity contribution in [2.24, 2.45) is 5.41 Å². The Morgan fingerprint density at radius 1 is 1.40 bits per heavy atom. The van der Waals surface area contributed by atoms with Crippen LogP contribution in [0.2, 0.25) is 0 Å². The molecule has 2 rings (SSSR count). The van der Waals surface area contributed by atoms with Gasteiger partial charge >= 0.3 is 5.97 Å². The Kier molecular flexibility index (Phi) is 4.37. The lowest BCUT2D eigenvalue weighted by Gasteiger charge is -2.38. The first-order valence-corrected chi connectivity index (χ1v) is 7.00. The maximum Gasteiger partial charge on any atom is 0.328 e. The summed E-state index contributed by atoms with van der Waals surface area (Å²) in [4.78, 5) is 21.3. The first-order valence-electron chi connectivity index (χ1n) is 7.00. The minimum Gasteiger partial charge on any atom is -0.478 e. The van der Waals surface area contributed by atoms with Crippen LogP contribution in [0.3, 0.4) is 0 Å². The zero-order valence-corrected chi connectivity index (χ0v) is 12.0. The molecule has 0 saturated carbocycles. The third-order valence-electron chi connectivity index (χ3n) is 4.18. The van der Waals surface area contributed by atoms with Crippen LogP contribution in [0.15, 0.2) is 18.5 Å². The van der Waals surface area contributed by atoms with E-state index in [1.165, 1.54) is 12.5 Å². The first-order chi connectivity index (χ1) is 9.52. The number of carbonyl (C=O) groups is 1. The molecule has 1 N–H and O–H groups in total. The van der Waals surface area contributed by atoms with Crippen LogP contribution in [0.5, 0.6) is 0 Å². The van der Waals surface area contributed by atoms with Crippen LogP contribution in [0.4, 0.5) is 5.95 Å². The number of nitrogens with zero attached hydrogens (tertiary/aromatic N) is 3. The fourth-order valence-corrected chi connectivity index (χ4v) is 2.35. The van der Waals surface area contributed by atoms with Gasteiger partial charge in [-0.05, 0) is 24.3 Å². The number of hydrogen-bond donors (Lipinski definition) is 1. The molecule has 2 heterocycles. The molecule has 20 heavy (non-hydrogen) atoms. The van der Waals surface area contributed by atoms with E-state index in [2.05, 4.69) is 28.7 Å². The fraction of sp³-hybridized carbons (Fsp3) is 0.533. The van der Waals surface area contributed by atoms with Crippen LogP contribution in [0.25, 0.3) is 6.08 Å². The van der Waals surface area contributed by atoms with Gasteiger partial charge in [0.2, 0.25) is 5.95 Å². The van der Waals surface area contributed by atoms with Crippen molar-refractivity contribution in [3.63, 3.8) is 0 Å². The second-order valence-electron chi connectivity index (χ2n) is 5.64. The molecule has 5 nitrogen and oxygen atoms in total. The van der Waals surface area contributed by atoms with Gasteiger partial charge in [0.25, 0.3) is 0 Å². The highest BCUT2D eigenvalue weighted by atomic mass is 16.4. The van der Waals surface area contributed by atoms with Crippen molar-refractivity contribution in [1.29, 1.82) is 0 Å². The molecule has 0 spiro atoms. The molecule has 0 amide bonds. The molecule has 1 aromatic rings. The van der Waals surface area contributed by atoms with Crippen molar-refractivity contribution < 1.29 is 9.90 Å². The van der Waals surface area contributed by atoms with Gasteiger partial charge in [-0.2, -0.15) is 0 Å². The lowest BCUT2D eigenvalue weighted by atomic mass is 9.78. The molecule has 5 heteroatoms. The average Bonchev–Trinajstić information content (AvgIpc) is 2.46. The zero-order chi connectivity index (χ0) is 14.6. The SMILES string of the molecule is CCC1(C)CCN(c2ncc(/C=C/C(=O)O)cn2)CC1. The lowest BCUT2D eigenvalue weighted by molar-refractivity contribution is -0.131. The summed E-state index contributed by atoms with van der Waals surface area (Å²) in [6.45, 7) is 6.55. The van der Waals surface area contributed by atoms with Crippen molar-refractivity contribution in [2.45, 2.75) is 33.1 Å². The van der Waals surface area contributed by atoms with Crippen LogP contribution in [0.1, 0.15) is 38.7 Å². The van der Waals surface area contributed by atoms with Gasteiger partial charge in [-0.3, -0.25) is 0 Å². The van der Waals surface area contributed by atoms with E-state index in [0.717, 1.165) is 38.0 Å². The van der Waals surface area contributed by atoms with Crippen molar-refractivity contribution in [3.05, 3.63) is 24.0 Å². The summed E-state index contributed by atoms with van der Waals surface area (Å²) in [6.07, 6.45) is 9.44. The lowest BCUT2D eigenvalue weighted by Crippen LogP contribution is -2.39. The van der Waals surface area contributed by atoms with E-state index in [0.29, 0.717) is 11.0 Å². The molecule has 1 aliphatic heterocycles. The van der Waals surface area contributed by atoms with E-state index in [1.54, 1.807) is 12.4 Å². The molecule has 1 saturated heterocycles. The topological polar surface area (TPSA) is 66.3 Å². The van der Waals surface area contributed by atoms with Gasteiger partial charge in [-0.1, -0.05) is 20.3 Å². The number of hydrogen-bond acceptors (Lipinski definition) is 4. The third kappa shape index (κ3) is 3.56. The third-order valence-corrected chi connectivity index (χ3v) is 4.18. The summed E-state index contributed by atoms with van der Waals surface area (Å²) in [5.41, 5.74) is 1.15. The minimum atomic E-state index is -0.969. The Balaban J connectivity index is 1.99. The van der Waals surface area contributed by atoms with Gasteiger partial charge in [-0.25, -0.2) is 14.8 Å². The number of carboxylic acids is 1. The molecule has 0 bridgehead atoms. The quantitative estimate of drug-likeness (QED) is 0.855. The monoisotopic (exact) mass is 275 g/mol. The zero-order valence-electron chi connectivity index (χ0n) is 12.0. The summed E-state index contributed by atoms with van der Waals surface area (Å²) in [7, 11) is 0. The normalized spacial score (nSPS) is 18.4. The van der Waals surface area contributed by atoms with E-state index in [4.69, 9.17) is 5.11 Å². The van der Waals surface area contributed by atoms with E-state index >= 15 is 0 Å². The average molecular weight is 275 g/mol. The molecule has 0 aliphatic carbocycles. The van der Waals surface area contributed by atoms with Gasteiger partial charge in [0.15, 0.2) is 0 Å². The number of aliphatic carboxylic acids is 1. The maximum atomic E-state index is 10.4. The maximum absolute atomic E-state index is 10.4. The van der Waals surface area contributed by atoms with Crippen molar-refractivity contribution in [1.82, 2.24) is 9.97 Å². The van der Waals surface area contributed by atoms with Crippen LogP contribution in [-0.4, -0.2) is 34.1 Å². The van der Waals surface area contributed by atoms with E-state index in [1.807, 2.05) is 0 Å². The molecule has 0 unspecified atom stereocenters. The fourth-order valence-electron chi connectivity index (χ4n) is 2.35. The number of anilines is 1. The summed E-state index contributed by atoms with van der Waals surface area (Å²) in [5.74, 6) is -0.236. The molecular formula is C15H21N3O2. The van der Waals surface area contributed by atoms with Crippen LogP contribution >= 0.6 is 0 Å². The van der Waals surface area contributed by atoms with Gasteiger partial charge in [0, 0.05) is 37.1 Å². The molecule has 0 atom stereocenters. The van der Waals surface area contributed by atoms with Gasteiger partial charge in [0.1, 0.15) is 0 Å². The largest absolute Gasteiger partial charge is 0.478 e. The summed E-state index contributed by atoms with van der Waals surface area (Å²) >= 11 is 0. The molecule has 1 aliphatic rings. The Hall–Kier alpha value is -1.91. The van der Waals surface area contributed by atoms with Gasteiger partial charge < -0.3 is 10.0 Å². The second-order valence-corrected chi connectivity index (χ2v) is 5.64. The van der Waals surface area contributed by atoms with Gasteiger partial charge in [-0.15, -0.1) is 0 Å². The van der Waals surface area contributed by atoms with Crippen LogP contribution < -0.4 is 4.90 Å². The number of carboxylic acid groups (broad SMARTS) is 1. The van der Waals surface area contributed by atoms with Gasteiger partial charge in [0.05, 0.1) is 0 Å². The summed E-state index contributed by atoms with van der Waals surface area (Å²) < 4.78 is 0. The molecule has 0 aromatic carbocycles. The highest BCUT2D eigenvalue weighted by Gasteiger charge is 2.29.